The zero-order valence-corrected chi connectivity index (χ0v) is 15.7. The Morgan fingerprint density at radius 1 is 1.00 bits per heavy atom. The Hall–Kier alpha value is -1.82. The van der Waals surface area contributed by atoms with Gasteiger partial charge in [-0.1, -0.05) is 85.5 Å². The van der Waals surface area contributed by atoms with Gasteiger partial charge in [0.2, 0.25) is 0 Å². The van der Waals surface area contributed by atoms with Crippen LogP contribution in [-0.4, -0.2) is 0 Å². The topological polar surface area (TPSA) is 0 Å². The summed E-state index contributed by atoms with van der Waals surface area (Å²) < 4.78 is 0. The summed E-state index contributed by atoms with van der Waals surface area (Å²) in [5.74, 6) is 0.787. The van der Waals surface area contributed by atoms with E-state index < -0.39 is 0 Å². The van der Waals surface area contributed by atoms with E-state index in [4.69, 9.17) is 0 Å². The van der Waals surface area contributed by atoms with Crippen LogP contribution in [0.25, 0.3) is 6.08 Å². The number of hydrogen-bond acceptors (Lipinski definition) is 0. The lowest BCUT2D eigenvalue weighted by Gasteiger charge is -2.46. The fourth-order valence-electron chi connectivity index (χ4n) is 5.33. The highest BCUT2D eigenvalue weighted by Gasteiger charge is 2.42. The SMILES string of the molecule is CC[C@@]1(C2=Cc3ccccc3C2)CCCCC1Cc1ccc(C)cc1. The van der Waals surface area contributed by atoms with Crippen molar-refractivity contribution in [1.29, 1.82) is 0 Å². The first-order chi connectivity index (χ1) is 12.2. The first-order valence-electron chi connectivity index (χ1n) is 10.1. The quantitative estimate of drug-likeness (QED) is 0.580. The zero-order valence-electron chi connectivity index (χ0n) is 15.7. The molecule has 2 atom stereocenters. The van der Waals surface area contributed by atoms with E-state index in [1.807, 2.05) is 0 Å². The van der Waals surface area contributed by atoms with Crippen molar-refractivity contribution in [2.75, 3.05) is 0 Å². The van der Waals surface area contributed by atoms with Crippen LogP contribution in [0.1, 0.15) is 61.3 Å². The maximum atomic E-state index is 2.53. The van der Waals surface area contributed by atoms with Gasteiger partial charge < -0.3 is 0 Å². The molecule has 2 aliphatic rings. The summed E-state index contributed by atoms with van der Waals surface area (Å²) in [7, 11) is 0. The molecule has 0 aromatic heterocycles. The Morgan fingerprint density at radius 2 is 1.80 bits per heavy atom. The molecule has 1 fully saturated rings. The van der Waals surface area contributed by atoms with Crippen molar-refractivity contribution in [3.05, 3.63) is 76.4 Å². The number of hydrogen-bond donors (Lipinski definition) is 0. The van der Waals surface area contributed by atoms with Gasteiger partial charge in [-0.15, -0.1) is 0 Å². The van der Waals surface area contributed by atoms with Gasteiger partial charge in [-0.3, -0.25) is 0 Å². The van der Waals surface area contributed by atoms with E-state index in [2.05, 4.69) is 68.5 Å². The summed E-state index contributed by atoms with van der Waals surface area (Å²) in [6.07, 6.45) is 11.8. The Kier molecular flexibility index (Phi) is 4.54. The molecule has 0 radical (unpaired) electrons. The molecule has 4 rings (SSSR count). The average molecular weight is 331 g/mol. The zero-order chi connectivity index (χ0) is 17.3. The Labute approximate surface area is 153 Å². The van der Waals surface area contributed by atoms with Crippen molar-refractivity contribution in [2.45, 2.75) is 58.8 Å². The Bertz CT molecular complexity index is 765. The number of rotatable bonds is 4. The second kappa shape index (κ2) is 6.83. The molecule has 25 heavy (non-hydrogen) atoms. The van der Waals surface area contributed by atoms with Crippen LogP contribution in [0.3, 0.4) is 0 Å². The van der Waals surface area contributed by atoms with Crippen molar-refractivity contribution < 1.29 is 0 Å². The summed E-state index contributed by atoms with van der Waals surface area (Å²) in [5, 5.41) is 0. The molecule has 0 saturated heterocycles. The highest BCUT2D eigenvalue weighted by molar-refractivity contribution is 5.65. The van der Waals surface area contributed by atoms with Crippen molar-refractivity contribution in [2.24, 2.45) is 11.3 Å². The van der Waals surface area contributed by atoms with Crippen LogP contribution in [0.4, 0.5) is 0 Å². The van der Waals surface area contributed by atoms with E-state index in [0.29, 0.717) is 5.41 Å². The molecule has 2 aromatic rings. The molecule has 0 nitrogen and oxygen atoms in total. The molecule has 130 valence electrons. The van der Waals surface area contributed by atoms with Gasteiger partial charge in [0.15, 0.2) is 0 Å². The van der Waals surface area contributed by atoms with Gasteiger partial charge in [0.05, 0.1) is 0 Å². The van der Waals surface area contributed by atoms with Crippen LogP contribution in [0, 0.1) is 18.3 Å². The minimum absolute atomic E-state index is 0.405. The Balaban J connectivity index is 1.65. The predicted molar refractivity (Wildman–Crippen MR) is 108 cm³/mol. The molecule has 2 aliphatic carbocycles. The molecular weight excluding hydrogens is 300 g/mol. The summed E-state index contributed by atoms with van der Waals surface area (Å²) in [4.78, 5) is 0. The molecule has 0 amide bonds. The lowest BCUT2D eigenvalue weighted by atomic mass is 9.59. The van der Waals surface area contributed by atoms with Gasteiger partial charge in [0.1, 0.15) is 0 Å². The molecule has 0 bridgehead atoms. The predicted octanol–water partition coefficient (Wildman–Crippen LogP) is 6.76. The van der Waals surface area contributed by atoms with Crippen LogP contribution in [0.15, 0.2) is 54.1 Å². The smallest absolute Gasteiger partial charge is 0.00522 e. The largest absolute Gasteiger partial charge is 0.0645 e. The molecule has 1 saturated carbocycles. The molecule has 0 spiro atoms. The van der Waals surface area contributed by atoms with Crippen LogP contribution in [-0.2, 0) is 12.8 Å². The van der Waals surface area contributed by atoms with Gasteiger partial charge in [0.25, 0.3) is 0 Å². The van der Waals surface area contributed by atoms with Crippen molar-refractivity contribution in [3.8, 4) is 0 Å². The third kappa shape index (κ3) is 3.08. The number of benzene rings is 2. The highest BCUT2D eigenvalue weighted by Crippen LogP contribution is 2.53. The molecule has 1 unspecified atom stereocenters. The third-order valence-corrected chi connectivity index (χ3v) is 6.85. The monoisotopic (exact) mass is 330 g/mol. The summed E-state index contributed by atoms with van der Waals surface area (Å²) in [6, 6.07) is 18.2. The second-order valence-corrected chi connectivity index (χ2v) is 8.19. The average Bonchev–Trinajstić information content (AvgIpc) is 3.09. The molecule has 0 aliphatic heterocycles. The number of fused-ring (bicyclic) bond motifs is 1. The van der Waals surface area contributed by atoms with Gasteiger partial charge in [-0.05, 0) is 67.1 Å². The van der Waals surface area contributed by atoms with Crippen molar-refractivity contribution in [3.63, 3.8) is 0 Å². The number of aryl methyl sites for hydroxylation is 1. The van der Waals surface area contributed by atoms with E-state index in [1.165, 1.54) is 67.2 Å². The first-order valence-corrected chi connectivity index (χ1v) is 10.1. The number of allylic oxidation sites excluding steroid dienone is 1. The standard InChI is InChI=1S/C25H30/c1-3-25(24-17-21-8-4-5-9-22(21)18-24)15-7-6-10-23(25)16-20-13-11-19(2)12-14-20/h4-5,8-9,11-14,17,23H,3,6-7,10,15-16,18H2,1-2H3/t23?,25-/m1/s1. The maximum absolute atomic E-state index is 2.53. The minimum Gasteiger partial charge on any atom is -0.0645 e. The normalized spacial score (nSPS) is 25.5. The minimum atomic E-state index is 0.405. The van der Waals surface area contributed by atoms with Crippen molar-refractivity contribution in [1.82, 2.24) is 0 Å². The highest BCUT2D eigenvalue weighted by atomic mass is 14.5. The fourth-order valence-corrected chi connectivity index (χ4v) is 5.33. The molecule has 0 heteroatoms. The Morgan fingerprint density at radius 3 is 2.56 bits per heavy atom. The first kappa shape index (κ1) is 16.6. The van der Waals surface area contributed by atoms with E-state index >= 15 is 0 Å². The fraction of sp³-hybridized carbons (Fsp3) is 0.440. The van der Waals surface area contributed by atoms with E-state index in [-0.39, 0.29) is 0 Å². The van der Waals surface area contributed by atoms with Crippen molar-refractivity contribution >= 4 is 6.08 Å². The summed E-state index contributed by atoms with van der Waals surface area (Å²) in [5.41, 5.74) is 8.00. The molecule has 0 heterocycles. The molecule has 2 aromatic carbocycles. The summed E-state index contributed by atoms with van der Waals surface area (Å²) >= 11 is 0. The molecular formula is C25H30. The van der Waals surface area contributed by atoms with E-state index in [0.717, 1.165) is 5.92 Å². The maximum Gasteiger partial charge on any atom is -0.00522 e. The van der Waals surface area contributed by atoms with Gasteiger partial charge in [-0.2, -0.15) is 0 Å². The van der Waals surface area contributed by atoms with Crippen LogP contribution in [0.2, 0.25) is 0 Å². The summed E-state index contributed by atoms with van der Waals surface area (Å²) in [6.45, 7) is 4.61. The third-order valence-electron chi connectivity index (χ3n) is 6.85. The van der Waals surface area contributed by atoms with E-state index in [9.17, 15) is 0 Å². The van der Waals surface area contributed by atoms with Gasteiger partial charge in [0, 0.05) is 0 Å². The second-order valence-electron chi connectivity index (χ2n) is 8.19. The van der Waals surface area contributed by atoms with Crippen LogP contribution < -0.4 is 0 Å². The molecule has 0 N–H and O–H groups in total. The lowest BCUT2D eigenvalue weighted by Crippen LogP contribution is -2.36. The van der Waals surface area contributed by atoms with Crippen LogP contribution >= 0.6 is 0 Å². The van der Waals surface area contributed by atoms with Gasteiger partial charge in [-0.25, -0.2) is 0 Å². The van der Waals surface area contributed by atoms with Gasteiger partial charge >= 0.3 is 0 Å². The lowest BCUT2D eigenvalue weighted by molar-refractivity contribution is 0.128. The van der Waals surface area contributed by atoms with E-state index in [1.54, 1.807) is 5.57 Å². The van der Waals surface area contributed by atoms with Crippen LogP contribution in [0.5, 0.6) is 0 Å².